The molecule has 1 aromatic carbocycles. The van der Waals surface area contributed by atoms with Crippen LogP contribution in [-0.4, -0.2) is 28.3 Å². The van der Waals surface area contributed by atoms with Crippen LogP contribution in [0.15, 0.2) is 12.1 Å². The van der Waals surface area contributed by atoms with E-state index in [1.165, 1.54) is 0 Å². The second kappa shape index (κ2) is 6.24. The monoisotopic (exact) mass is 306 g/mol. The Morgan fingerprint density at radius 3 is 2.35 bits per heavy atom. The first-order valence-corrected chi connectivity index (χ1v) is 5.54. The highest BCUT2D eigenvalue weighted by atomic mass is 35.5. The quantitative estimate of drug-likeness (QED) is 0.355. The fourth-order valence-corrected chi connectivity index (χ4v) is 1.72. The molecule has 0 saturated heterocycles. The van der Waals surface area contributed by atoms with Crippen molar-refractivity contribution >= 4 is 28.9 Å². The summed E-state index contributed by atoms with van der Waals surface area (Å²) in [6.07, 6.45) is -0.389. The van der Waals surface area contributed by atoms with Crippen molar-refractivity contribution < 1.29 is 23.8 Å². The Bertz CT molecular complexity index is 579. The zero-order valence-electron chi connectivity index (χ0n) is 10.0. The fraction of sp³-hybridized carbons (Fsp3) is 0.300. The number of nitrogens with zero attached hydrogens (tertiary/aromatic N) is 2. The van der Waals surface area contributed by atoms with Gasteiger partial charge in [0.15, 0.2) is 0 Å². The third-order valence-electron chi connectivity index (χ3n) is 2.40. The largest absolute Gasteiger partial charge is 0.468 e. The van der Waals surface area contributed by atoms with Crippen molar-refractivity contribution in [2.45, 2.75) is 11.8 Å². The van der Waals surface area contributed by atoms with Crippen LogP contribution in [0.25, 0.3) is 0 Å². The van der Waals surface area contributed by atoms with Gasteiger partial charge in [-0.1, -0.05) is 0 Å². The maximum Gasteiger partial charge on any atom is 0.324 e. The third-order valence-corrected chi connectivity index (χ3v) is 2.73. The Labute approximate surface area is 116 Å². The van der Waals surface area contributed by atoms with Crippen LogP contribution >= 0.6 is 11.6 Å². The van der Waals surface area contributed by atoms with E-state index in [4.69, 9.17) is 11.6 Å². The van der Waals surface area contributed by atoms with Crippen LogP contribution in [0.2, 0.25) is 0 Å². The van der Waals surface area contributed by atoms with Gasteiger partial charge in [0.2, 0.25) is 5.82 Å². The van der Waals surface area contributed by atoms with Gasteiger partial charge in [-0.25, -0.2) is 0 Å². The lowest BCUT2D eigenvalue weighted by atomic mass is 10.1. The summed E-state index contributed by atoms with van der Waals surface area (Å²) in [6.45, 7) is 0. The van der Waals surface area contributed by atoms with Crippen LogP contribution in [-0.2, 0) is 16.0 Å². The standard InChI is InChI=1S/C10H8ClFN2O6/c1-20-10(15)6(11)2-5-3-7(12)9(14(18)19)4-8(5)13(16)17/h3-4,6H,2H2,1H3. The Morgan fingerprint density at radius 2 is 1.90 bits per heavy atom. The van der Waals surface area contributed by atoms with Gasteiger partial charge in [0.1, 0.15) is 5.38 Å². The molecule has 1 unspecified atom stereocenters. The Balaban J connectivity index is 3.25. The van der Waals surface area contributed by atoms with Gasteiger partial charge in [0.25, 0.3) is 5.69 Å². The molecule has 0 bridgehead atoms. The molecule has 0 fully saturated rings. The SMILES string of the molecule is COC(=O)C(Cl)Cc1cc(F)c([N+](=O)[O-])cc1[N+](=O)[O-]. The molecule has 10 heteroatoms. The average Bonchev–Trinajstić information content (AvgIpc) is 2.36. The number of carbonyl (C=O) groups is 1. The molecule has 0 aliphatic heterocycles. The molecule has 0 heterocycles. The summed E-state index contributed by atoms with van der Waals surface area (Å²) in [5.74, 6) is -2.09. The number of halogens is 2. The van der Waals surface area contributed by atoms with Gasteiger partial charge in [0, 0.05) is 12.0 Å². The minimum absolute atomic E-state index is 0.233. The highest BCUT2D eigenvalue weighted by molar-refractivity contribution is 6.30. The number of rotatable bonds is 5. The summed E-state index contributed by atoms with van der Waals surface area (Å²) in [5.41, 5.74) is -1.94. The van der Waals surface area contributed by atoms with E-state index in [0.29, 0.717) is 12.1 Å². The number of methoxy groups -OCH3 is 1. The Hall–Kier alpha value is -2.29. The minimum Gasteiger partial charge on any atom is -0.468 e. The number of carbonyl (C=O) groups excluding carboxylic acids is 1. The lowest BCUT2D eigenvalue weighted by Crippen LogP contribution is -2.19. The van der Waals surface area contributed by atoms with E-state index in [1.54, 1.807) is 0 Å². The molecule has 1 rings (SSSR count). The van der Waals surface area contributed by atoms with Crippen molar-refractivity contribution in [3.63, 3.8) is 0 Å². The van der Waals surface area contributed by atoms with E-state index < -0.39 is 38.4 Å². The highest BCUT2D eigenvalue weighted by Gasteiger charge is 2.27. The zero-order valence-corrected chi connectivity index (χ0v) is 10.8. The second-order valence-electron chi connectivity index (χ2n) is 3.64. The van der Waals surface area contributed by atoms with E-state index in [2.05, 4.69) is 4.74 Å². The second-order valence-corrected chi connectivity index (χ2v) is 4.17. The maximum absolute atomic E-state index is 13.5. The first-order valence-electron chi connectivity index (χ1n) is 5.11. The Kier molecular flexibility index (Phi) is 4.92. The highest BCUT2D eigenvalue weighted by Crippen LogP contribution is 2.29. The van der Waals surface area contributed by atoms with Crippen LogP contribution in [0.4, 0.5) is 15.8 Å². The summed E-state index contributed by atoms with van der Waals surface area (Å²) in [5, 5.41) is 20.1. The lowest BCUT2D eigenvalue weighted by Gasteiger charge is -2.08. The normalized spacial score (nSPS) is 11.8. The van der Waals surface area contributed by atoms with E-state index in [9.17, 15) is 29.4 Å². The fourth-order valence-electron chi connectivity index (χ4n) is 1.47. The number of hydrogen-bond acceptors (Lipinski definition) is 6. The van der Waals surface area contributed by atoms with Crippen LogP contribution < -0.4 is 0 Å². The molecule has 0 spiro atoms. The van der Waals surface area contributed by atoms with Crippen molar-refractivity contribution in [1.29, 1.82) is 0 Å². The summed E-state index contributed by atoms with van der Waals surface area (Å²) in [4.78, 5) is 30.5. The first kappa shape index (κ1) is 15.8. The van der Waals surface area contributed by atoms with Crippen LogP contribution in [0.5, 0.6) is 0 Å². The van der Waals surface area contributed by atoms with E-state index in [-0.39, 0.29) is 12.0 Å². The number of benzene rings is 1. The van der Waals surface area contributed by atoms with Gasteiger partial charge < -0.3 is 4.74 Å². The lowest BCUT2D eigenvalue weighted by molar-refractivity contribution is -0.396. The summed E-state index contributed by atoms with van der Waals surface area (Å²) in [6, 6.07) is 1.11. The van der Waals surface area contributed by atoms with Gasteiger partial charge in [-0.3, -0.25) is 25.0 Å². The number of nitro benzene ring substituents is 2. The first-order chi connectivity index (χ1) is 9.27. The molecule has 0 aromatic heterocycles. The predicted octanol–water partition coefficient (Wildman–Crippen LogP) is 1.96. The van der Waals surface area contributed by atoms with Gasteiger partial charge >= 0.3 is 11.7 Å². The van der Waals surface area contributed by atoms with Gasteiger partial charge in [0.05, 0.1) is 23.0 Å². The van der Waals surface area contributed by atoms with Crippen LogP contribution in [0.1, 0.15) is 5.56 Å². The molecule has 1 aromatic rings. The van der Waals surface area contributed by atoms with Gasteiger partial charge in [-0.05, 0) is 6.07 Å². The number of hydrogen-bond donors (Lipinski definition) is 0. The average molecular weight is 307 g/mol. The van der Waals surface area contributed by atoms with E-state index in [1.807, 2.05) is 0 Å². The molecule has 0 saturated carbocycles. The van der Waals surface area contributed by atoms with E-state index >= 15 is 0 Å². The van der Waals surface area contributed by atoms with Crippen LogP contribution in [0, 0.1) is 26.0 Å². The molecule has 8 nitrogen and oxygen atoms in total. The predicted molar refractivity (Wildman–Crippen MR) is 65.1 cm³/mol. The number of ether oxygens (including phenoxy) is 1. The molecule has 108 valence electrons. The van der Waals surface area contributed by atoms with Crippen molar-refractivity contribution in [3.05, 3.63) is 43.7 Å². The molecular formula is C10H8ClFN2O6. The molecule has 0 radical (unpaired) electrons. The van der Waals surface area contributed by atoms with Crippen molar-refractivity contribution in [3.8, 4) is 0 Å². The van der Waals surface area contributed by atoms with Gasteiger partial charge in [-0.15, -0.1) is 11.6 Å². The maximum atomic E-state index is 13.5. The van der Waals surface area contributed by atoms with Crippen LogP contribution in [0.3, 0.4) is 0 Å². The number of nitro groups is 2. The van der Waals surface area contributed by atoms with Gasteiger partial charge in [-0.2, -0.15) is 4.39 Å². The third kappa shape index (κ3) is 3.38. The molecular weight excluding hydrogens is 299 g/mol. The topological polar surface area (TPSA) is 113 Å². The molecule has 0 aliphatic carbocycles. The molecule has 0 aliphatic rings. The van der Waals surface area contributed by atoms with Crippen molar-refractivity contribution in [1.82, 2.24) is 0 Å². The van der Waals surface area contributed by atoms with Crippen molar-refractivity contribution in [2.24, 2.45) is 0 Å². The van der Waals surface area contributed by atoms with E-state index in [0.717, 1.165) is 7.11 Å². The Morgan fingerprint density at radius 1 is 1.35 bits per heavy atom. The summed E-state index contributed by atoms with van der Waals surface area (Å²) >= 11 is 5.64. The minimum atomic E-state index is -1.26. The zero-order chi connectivity index (χ0) is 15.4. The molecule has 1 atom stereocenters. The molecule has 0 amide bonds. The smallest absolute Gasteiger partial charge is 0.324 e. The summed E-state index contributed by atoms with van der Waals surface area (Å²) < 4.78 is 17.8. The summed E-state index contributed by atoms with van der Waals surface area (Å²) in [7, 11) is 1.07. The molecule has 0 N–H and O–H groups in total. The van der Waals surface area contributed by atoms with Crippen molar-refractivity contribution in [2.75, 3.05) is 7.11 Å². The number of alkyl halides is 1. The molecule has 20 heavy (non-hydrogen) atoms. The number of esters is 1.